The summed E-state index contributed by atoms with van der Waals surface area (Å²) >= 11 is 0. The molecule has 1 aliphatic rings. The fourth-order valence-electron chi connectivity index (χ4n) is 3.12. The lowest BCUT2D eigenvalue weighted by Crippen LogP contribution is -2.34. The zero-order valence-electron chi connectivity index (χ0n) is 13.1. The van der Waals surface area contributed by atoms with E-state index in [1.165, 1.54) is 0 Å². The molecule has 116 valence electrons. The van der Waals surface area contributed by atoms with Gasteiger partial charge in [-0.3, -0.25) is 4.79 Å². The van der Waals surface area contributed by atoms with Crippen LogP contribution in [0.1, 0.15) is 36.5 Å². The predicted octanol–water partition coefficient (Wildman–Crippen LogP) is 3.81. The van der Waals surface area contributed by atoms with E-state index in [9.17, 15) is 4.79 Å². The van der Waals surface area contributed by atoms with Gasteiger partial charge in [0.2, 0.25) is 0 Å². The first-order valence-corrected chi connectivity index (χ1v) is 8.20. The van der Waals surface area contributed by atoms with Gasteiger partial charge in [-0.25, -0.2) is 0 Å². The number of benzene rings is 2. The standard InChI is InChI=1S/C19H23NO2/c1-2-12-22-17-10-9-14-6-3-4-8-16(14)18(17)19(21)15-7-5-11-20-13-15/h3-4,6,8-10,15,20H,2,5,7,11-13H2,1H3. The molecule has 0 saturated carbocycles. The number of ketones is 1. The van der Waals surface area contributed by atoms with Crippen LogP contribution in [0.4, 0.5) is 0 Å². The van der Waals surface area contributed by atoms with Crippen LogP contribution in [0.15, 0.2) is 36.4 Å². The van der Waals surface area contributed by atoms with Gasteiger partial charge in [0.1, 0.15) is 5.75 Å². The van der Waals surface area contributed by atoms with Crippen molar-refractivity contribution in [2.24, 2.45) is 5.92 Å². The van der Waals surface area contributed by atoms with Gasteiger partial charge in [-0.1, -0.05) is 37.3 Å². The van der Waals surface area contributed by atoms with Crippen molar-refractivity contribution in [3.8, 4) is 5.75 Å². The van der Waals surface area contributed by atoms with Crippen LogP contribution >= 0.6 is 0 Å². The average Bonchev–Trinajstić information content (AvgIpc) is 2.59. The van der Waals surface area contributed by atoms with Gasteiger partial charge in [0.05, 0.1) is 12.2 Å². The Kier molecular flexibility index (Phi) is 4.74. The van der Waals surface area contributed by atoms with E-state index in [1.54, 1.807) is 0 Å². The zero-order valence-corrected chi connectivity index (χ0v) is 13.1. The highest BCUT2D eigenvalue weighted by Crippen LogP contribution is 2.31. The van der Waals surface area contributed by atoms with E-state index in [0.29, 0.717) is 6.61 Å². The second-order valence-corrected chi connectivity index (χ2v) is 5.92. The summed E-state index contributed by atoms with van der Waals surface area (Å²) < 4.78 is 5.87. The van der Waals surface area contributed by atoms with E-state index < -0.39 is 0 Å². The van der Waals surface area contributed by atoms with Crippen molar-refractivity contribution in [3.05, 3.63) is 42.0 Å². The minimum Gasteiger partial charge on any atom is -0.493 e. The largest absolute Gasteiger partial charge is 0.493 e. The first-order valence-electron chi connectivity index (χ1n) is 8.20. The van der Waals surface area contributed by atoms with Gasteiger partial charge in [0.15, 0.2) is 5.78 Å². The number of hydrogen-bond acceptors (Lipinski definition) is 3. The van der Waals surface area contributed by atoms with Crippen molar-refractivity contribution in [3.63, 3.8) is 0 Å². The van der Waals surface area contributed by atoms with Gasteiger partial charge in [-0.15, -0.1) is 0 Å². The normalized spacial score (nSPS) is 18.3. The molecule has 3 rings (SSSR count). The Balaban J connectivity index is 2.04. The van der Waals surface area contributed by atoms with E-state index >= 15 is 0 Å². The van der Waals surface area contributed by atoms with E-state index in [4.69, 9.17) is 4.74 Å². The molecule has 1 N–H and O–H groups in total. The molecule has 3 heteroatoms. The SMILES string of the molecule is CCCOc1ccc2ccccc2c1C(=O)C1CCCNC1. The van der Waals surface area contributed by atoms with Crippen LogP contribution in [0.3, 0.4) is 0 Å². The van der Waals surface area contributed by atoms with Gasteiger partial charge < -0.3 is 10.1 Å². The molecule has 22 heavy (non-hydrogen) atoms. The number of hydrogen-bond donors (Lipinski definition) is 1. The lowest BCUT2D eigenvalue weighted by molar-refractivity contribution is 0.0897. The fraction of sp³-hybridized carbons (Fsp3) is 0.421. The molecule has 1 unspecified atom stereocenters. The van der Waals surface area contributed by atoms with Gasteiger partial charge in [0, 0.05) is 12.5 Å². The molecule has 0 aromatic heterocycles. The molecule has 0 amide bonds. The van der Waals surface area contributed by atoms with E-state index in [-0.39, 0.29) is 11.7 Å². The molecule has 3 nitrogen and oxygen atoms in total. The van der Waals surface area contributed by atoms with Crippen LogP contribution < -0.4 is 10.1 Å². The van der Waals surface area contributed by atoms with Crippen molar-refractivity contribution in [2.75, 3.05) is 19.7 Å². The molecule has 0 radical (unpaired) electrons. The Morgan fingerprint density at radius 2 is 2.14 bits per heavy atom. The smallest absolute Gasteiger partial charge is 0.171 e. The van der Waals surface area contributed by atoms with Gasteiger partial charge >= 0.3 is 0 Å². The van der Waals surface area contributed by atoms with Crippen molar-refractivity contribution in [1.29, 1.82) is 0 Å². The highest BCUT2D eigenvalue weighted by atomic mass is 16.5. The van der Waals surface area contributed by atoms with Crippen LogP contribution in [-0.2, 0) is 0 Å². The molecule has 1 heterocycles. The summed E-state index contributed by atoms with van der Waals surface area (Å²) in [7, 11) is 0. The number of Topliss-reactive ketones (excluding diaryl/α,β-unsaturated/α-hetero) is 1. The van der Waals surface area contributed by atoms with Crippen LogP contribution in [0.25, 0.3) is 10.8 Å². The van der Waals surface area contributed by atoms with Crippen molar-refractivity contribution < 1.29 is 9.53 Å². The van der Waals surface area contributed by atoms with Crippen LogP contribution in [-0.4, -0.2) is 25.5 Å². The highest BCUT2D eigenvalue weighted by molar-refractivity contribution is 6.11. The first-order chi connectivity index (χ1) is 10.8. The summed E-state index contributed by atoms with van der Waals surface area (Å²) in [6, 6.07) is 12.1. The number of rotatable bonds is 5. The lowest BCUT2D eigenvalue weighted by Gasteiger charge is -2.23. The van der Waals surface area contributed by atoms with E-state index in [2.05, 4.69) is 18.3 Å². The molecule has 0 aliphatic carbocycles. The highest BCUT2D eigenvalue weighted by Gasteiger charge is 2.26. The Labute approximate surface area is 131 Å². The quantitative estimate of drug-likeness (QED) is 0.853. The topological polar surface area (TPSA) is 38.3 Å². The minimum absolute atomic E-state index is 0.0588. The monoisotopic (exact) mass is 297 g/mol. The van der Waals surface area contributed by atoms with Crippen LogP contribution in [0, 0.1) is 5.92 Å². The maximum Gasteiger partial charge on any atom is 0.171 e. The molecule has 1 aliphatic heterocycles. The Morgan fingerprint density at radius 1 is 1.27 bits per heavy atom. The maximum atomic E-state index is 13.1. The number of nitrogens with one attached hydrogen (secondary N) is 1. The number of carbonyl (C=O) groups is 1. The molecule has 1 fully saturated rings. The molecule has 1 atom stereocenters. The molecule has 2 aromatic rings. The summed E-state index contributed by atoms with van der Waals surface area (Å²) in [5, 5.41) is 5.44. The first kappa shape index (κ1) is 15.0. The summed E-state index contributed by atoms with van der Waals surface area (Å²) in [4.78, 5) is 13.1. The second kappa shape index (κ2) is 6.93. The van der Waals surface area contributed by atoms with E-state index in [0.717, 1.165) is 54.4 Å². The van der Waals surface area contributed by atoms with Crippen LogP contribution in [0.5, 0.6) is 5.75 Å². The molecule has 0 spiro atoms. The number of ether oxygens (including phenoxy) is 1. The molecular formula is C19H23NO2. The van der Waals surface area contributed by atoms with Gasteiger partial charge in [-0.05, 0) is 42.6 Å². The molecular weight excluding hydrogens is 274 g/mol. The Bertz CT molecular complexity index is 660. The third kappa shape index (κ3) is 3.00. The summed E-state index contributed by atoms with van der Waals surface area (Å²) in [5.41, 5.74) is 0.764. The zero-order chi connectivity index (χ0) is 15.4. The summed E-state index contributed by atoms with van der Waals surface area (Å²) in [6.45, 7) is 4.50. The Hall–Kier alpha value is -1.87. The van der Waals surface area contributed by atoms with Gasteiger partial charge in [0.25, 0.3) is 0 Å². The Morgan fingerprint density at radius 3 is 2.91 bits per heavy atom. The van der Waals surface area contributed by atoms with Crippen molar-refractivity contribution in [2.45, 2.75) is 26.2 Å². The summed E-state index contributed by atoms with van der Waals surface area (Å²) in [5.74, 6) is 1.01. The molecule has 1 saturated heterocycles. The fourth-order valence-corrected chi connectivity index (χ4v) is 3.12. The summed E-state index contributed by atoms with van der Waals surface area (Å²) in [6.07, 6.45) is 2.96. The number of piperidine rings is 1. The molecule has 2 aromatic carbocycles. The minimum atomic E-state index is 0.0588. The average molecular weight is 297 g/mol. The second-order valence-electron chi connectivity index (χ2n) is 5.92. The number of carbonyl (C=O) groups excluding carboxylic acids is 1. The predicted molar refractivity (Wildman–Crippen MR) is 89.7 cm³/mol. The third-order valence-electron chi connectivity index (χ3n) is 4.27. The van der Waals surface area contributed by atoms with Crippen molar-refractivity contribution >= 4 is 16.6 Å². The van der Waals surface area contributed by atoms with E-state index in [1.807, 2.05) is 30.3 Å². The molecule has 0 bridgehead atoms. The number of fused-ring (bicyclic) bond motifs is 1. The maximum absolute atomic E-state index is 13.1. The van der Waals surface area contributed by atoms with Crippen LogP contribution in [0.2, 0.25) is 0 Å². The van der Waals surface area contributed by atoms with Gasteiger partial charge in [-0.2, -0.15) is 0 Å². The van der Waals surface area contributed by atoms with Crippen molar-refractivity contribution in [1.82, 2.24) is 5.32 Å². The third-order valence-corrected chi connectivity index (χ3v) is 4.27. The lowest BCUT2D eigenvalue weighted by atomic mass is 9.88.